The summed E-state index contributed by atoms with van der Waals surface area (Å²) in [6.45, 7) is 6.36. The number of nitrogens with two attached hydrogens (primary N) is 1. The van der Waals surface area contributed by atoms with Crippen LogP contribution >= 0.6 is 0 Å². The molecule has 0 fully saturated rings. The lowest BCUT2D eigenvalue weighted by Gasteiger charge is -2.11. The van der Waals surface area contributed by atoms with Crippen LogP contribution in [0.5, 0.6) is 5.75 Å². The number of hydrogen-bond acceptors (Lipinski definition) is 2. The topological polar surface area (TPSA) is 35.2 Å². The summed E-state index contributed by atoms with van der Waals surface area (Å²) in [6.07, 6.45) is 0.661. The molecule has 0 aliphatic carbocycles. The fourth-order valence-corrected chi connectivity index (χ4v) is 2.47. The average Bonchev–Trinajstić information content (AvgIpc) is 2.36. The average molecular weight is 287 g/mol. The molecule has 0 spiro atoms. The standard InChI is InChI=1S/C18H22FNO/c1-12-6-13(2)8-16(7-12)11-21-18-5-4-15(9-14(3)20)10-17(18)19/h4-8,10,14H,9,11,20H2,1-3H3. The van der Waals surface area contributed by atoms with Crippen molar-refractivity contribution in [2.24, 2.45) is 5.73 Å². The van der Waals surface area contributed by atoms with Crippen molar-refractivity contribution in [3.05, 3.63) is 64.5 Å². The van der Waals surface area contributed by atoms with Gasteiger partial charge in [0.1, 0.15) is 6.61 Å². The highest BCUT2D eigenvalue weighted by Gasteiger charge is 2.07. The first kappa shape index (κ1) is 15.5. The smallest absolute Gasteiger partial charge is 0.165 e. The van der Waals surface area contributed by atoms with E-state index in [9.17, 15) is 4.39 Å². The second-order valence-corrected chi connectivity index (χ2v) is 5.73. The van der Waals surface area contributed by atoms with E-state index in [1.165, 1.54) is 17.2 Å². The molecule has 1 unspecified atom stereocenters. The molecule has 1 atom stereocenters. The Morgan fingerprint density at radius 1 is 1.05 bits per heavy atom. The fraction of sp³-hybridized carbons (Fsp3) is 0.333. The molecule has 2 aromatic carbocycles. The van der Waals surface area contributed by atoms with Crippen molar-refractivity contribution < 1.29 is 9.13 Å². The predicted octanol–water partition coefficient (Wildman–Crippen LogP) is 3.91. The minimum Gasteiger partial charge on any atom is -0.486 e. The normalized spacial score (nSPS) is 12.2. The minimum absolute atomic E-state index is 0.0198. The third-order valence-electron chi connectivity index (χ3n) is 3.23. The van der Waals surface area contributed by atoms with Gasteiger partial charge in [-0.3, -0.25) is 0 Å². The number of rotatable bonds is 5. The van der Waals surface area contributed by atoms with E-state index in [1.54, 1.807) is 6.07 Å². The highest BCUT2D eigenvalue weighted by atomic mass is 19.1. The second-order valence-electron chi connectivity index (χ2n) is 5.73. The molecule has 0 aromatic heterocycles. The summed E-state index contributed by atoms with van der Waals surface area (Å²) in [7, 11) is 0. The first-order valence-corrected chi connectivity index (χ1v) is 7.18. The largest absolute Gasteiger partial charge is 0.486 e. The van der Waals surface area contributed by atoms with Gasteiger partial charge in [-0.25, -0.2) is 4.39 Å². The van der Waals surface area contributed by atoms with Crippen LogP contribution in [0.15, 0.2) is 36.4 Å². The number of ether oxygens (including phenoxy) is 1. The fourth-order valence-electron chi connectivity index (χ4n) is 2.47. The van der Waals surface area contributed by atoms with Gasteiger partial charge in [0.15, 0.2) is 11.6 Å². The maximum atomic E-state index is 14.0. The zero-order valence-corrected chi connectivity index (χ0v) is 12.8. The van der Waals surface area contributed by atoms with Crippen LogP contribution in [0.2, 0.25) is 0 Å². The first-order chi connectivity index (χ1) is 9.94. The van der Waals surface area contributed by atoms with Gasteiger partial charge in [-0.15, -0.1) is 0 Å². The van der Waals surface area contributed by atoms with Crippen molar-refractivity contribution in [1.29, 1.82) is 0 Å². The van der Waals surface area contributed by atoms with Crippen LogP contribution in [0.1, 0.15) is 29.2 Å². The molecule has 3 heteroatoms. The molecule has 21 heavy (non-hydrogen) atoms. The second kappa shape index (κ2) is 6.72. The summed E-state index contributed by atoms with van der Waals surface area (Å²) < 4.78 is 19.6. The highest BCUT2D eigenvalue weighted by molar-refractivity contribution is 5.31. The molecule has 2 N–H and O–H groups in total. The molecule has 0 radical (unpaired) electrons. The Morgan fingerprint density at radius 2 is 1.71 bits per heavy atom. The van der Waals surface area contributed by atoms with Crippen LogP contribution in [-0.4, -0.2) is 6.04 Å². The van der Waals surface area contributed by atoms with E-state index in [1.807, 2.05) is 26.8 Å². The molecule has 0 saturated heterocycles. The predicted molar refractivity (Wildman–Crippen MR) is 84.0 cm³/mol. The maximum absolute atomic E-state index is 14.0. The van der Waals surface area contributed by atoms with Gasteiger partial charge in [0.25, 0.3) is 0 Å². The lowest BCUT2D eigenvalue weighted by molar-refractivity contribution is 0.290. The molecular weight excluding hydrogens is 265 g/mol. The Bertz CT molecular complexity index is 602. The van der Waals surface area contributed by atoms with Gasteiger partial charge >= 0.3 is 0 Å². The van der Waals surface area contributed by atoms with Gasteiger partial charge in [0, 0.05) is 6.04 Å². The zero-order chi connectivity index (χ0) is 15.4. The monoisotopic (exact) mass is 287 g/mol. The van der Waals surface area contributed by atoms with Crippen LogP contribution in [-0.2, 0) is 13.0 Å². The van der Waals surface area contributed by atoms with Gasteiger partial charge < -0.3 is 10.5 Å². The molecule has 0 aliphatic rings. The molecule has 2 nitrogen and oxygen atoms in total. The van der Waals surface area contributed by atoms with E-state index >= 15 is 0 Å². The van der Waals surface area contributed by atoms with E-state index in [-0.39, 0.29) is 17.6 Å². The van der Waals surface area contributed by atoms with Gasteiger partial charge in [-0.1, -0.05) is 35.4 Å². The first-order valence-electron chi connectivity index (χ1n) is 7.18. The van der Waals surface area contributed by atoms with Crippen LogP contribution in [0.3, 0.4) is 0 Å². The lowest BCUT2D eigenvalue weighted by atomic mass is 10.1. The summed E-state index contributed by atoms with van der Waals surface area (Å²) in [6, 6.07) is 11.3. The molecular formula is C18H22FNO. The van der Waals surface area contributed by atoms with Crippen molar-refractivity contribution in [1.82, 2.24) is 0 Å². The van der Waals surface area contributed by atoms with Crippen LogP contribution in [0.4, 0.5) is 4.39 Å². The molecule has 2 aromatic rings. The molecule has 2 rings (SSSR count). The van der Waals surface area contributed by atoms with Crippen LogP contribution in [0, 0.1) is 19.7 Å². The van der Waals surface area contributed by atoms with Crippen molar-refractivity contribution >= 4 is 0 Å². The van der Waals surface area contributed by atoms with Gasteiger partial charge in [-0.2, -0.15) is 0 Å². The SMILES string of the molecule is Cc1cc(C)cc(COc2ccc(CC(C)N)cc2F)c1. The minimum atomic E-state index is -0.336. The maximum Gasteiger partial charge on any atom is 0.165 e. The third-order valence-corrected chi connectivity index (χ3v) is 3.23. The Hall–Kier alpha value is -1.87. The molecule has 0 bridgehead atoms. The Balaban J connectivity index is 2.06. The van der Waals surface area contributed by atoms with Crippen molar-refractivity contribution in [3.8, 4) is 5.75 Å². The quantitative estimate of drug-likeness (QED) is 0.905. The molecule has 112 valence electrons. The number of benzene rings is 2. The molecule has 0 saturated carbocycles. The summed E-state index contributed by atoms with van der Waals surface area (Å²) >= 11 is 0. The van der Waals surface area contributed by atoms with E-state index in [2.05, 4.69) is 18.2 Å². The summed E-state index contributed by atoms with van der Waals surface area (Å²) in [5, 5.41) is 0. The molecule has 0 heterocycles. The van der Waals surface area contributed by atoms with Crippen molar-refractivity contribution in [2.75, 3.05) is 0 Å². The van der Waals surface area contributed by atoms with Gasteiger partial charge in [0.2, 0.25) is 0 Å². The molecule has 0 aliphatic heterocycles. The van der Waals surface area contributed by atoms with E-state index in [0.717, 1.165) is 11.1 Å². The van der Waals surface area contributed by atoms with E-state index in [0.29, 0.717) is 13.0 Å². The third kappa shape index (κ3) is 4.57. The van der Waals surface area contributed by atoms with E-state index in [4.69, 9.17) is 10.5 Å². The van der Waals surface area contributed by atoms with E-state index < -0.39 is 0 Å². The summed E-state index contributed by atoms with van der Waals surface area (Å²) in [5.74, 6) is -0.0555. The van der Waals surface area contributed by atoms with Crippen LogP contribution in [0.25, 0.3) is 0 Å². The summed E-state index contributed by atoms with van der Waals surface area (Å²) in [5.41, 5.74) is 10.0. The zero-order valence-electron chi connectivity index (χ0n) is 12.8. The number of aryl methyl sites for hydroxylation is 2. The lowest BCUT2D eigenvalue weighted by Crippen LogP contribution is -2.17. The summed E-state index contributed by atoms with van der Waals surface area (Å²) in [4.78, 5) is 0. The van der Waals surface area contributed by atoms with Crippen LogP contribution < -0.4 is 10.5 Å². The number of hydrogen-bond donors (Lipinski definition) is 1. The Kier molecular flexibility index (Phi) is 4.97. The molecule has 0 amide bonds. The van der Waals surface area contributed by atoms with Crippen molar-refractivity contribution in [3.63, 3.8) is 0 Å². The highest BCUT2D eigenvalue weighted by Crippen LogP contribution is 2.21. The van der Waals surface area contributed by atoms with Gasteiger partial charge in [-0.05, 0) is 50.5 Å². The Labute approximate surface area is 125 Å². The Morgan fingerprint density at radius 3 is 2.29 bits per heavy atom. The van der Waals surface area contributed by atoms with Gasteiger partial charge in [0.05, 0.1) is 0 Å². The van der Waals surface area contributed by atoms with Crippen molar-refractivity contribution in [2.45, 2.75) is 39.8 Å². The number of halogens is 1.